The first-order chi connectivity index (χ1) is 13.1. The number of ether oxygens (including phenoxy) is 1. The zero-order valence-electron chi connectivity index (χ0n) is 15.1. The van der Waals surface area contributed by atoms with E-state index in [9.17, 15) is 9.59 Å². The Bertz CT molecular complexity index is 1010. The van der Waals surface area contributed by atoms with Crippen LogP contribution in [0.15, 0.2) is 54.6 Å². The molecular formula is C21H21N3O3. The van der Waals surface area contributed by atoms with Crippen LogP contribution in [0.25, 0.3) is 10.9 Å². The van der Waals surface area contributed by atoms with Gasteiger partial charge in [0.1, 0.15) is 11.4 Å². The Morgan fingerprint density at radius 3 is 2.93 bits per heavy atom. The monoisotopic (exact) mass is 363 g/mol. The first-order valence-corrected chi connectivity index (χ1v) is 8.93. The van der Waals surface area contributed by atoms with Crippen LogP contribution in [-0.2, 0) is 17.9 Å². The minimum Gasteiger partial charge on any atom is -0.497 e. The molecule has 0 saturated carbocycles. The molecule has 2 N–H and O–H groups in total. The molecule has 3 aromatic rings. The fourth-order valence-electron chi connectivity index (χ4n) is 3.52. The molecule has 2 aromatic carbocycles. The van der Waals surface area contributed by atoms with Crippen molar-refractivity contribution < 1.29 is 14.3 Å². The number of para-hydroxylation sites is 1. The number of carbonyl (C=O) groups is 2. The van der Waals surface area contributed by atoms with Crippen molar-refractivity contribution in [2.45, 2.75) is 25.6 Å². The van der Waals surface area contributed by atoms with Gasteiger partial charge in [0.15, 0.2) is 0 Å². The van der Waals surface area contributed by atoms with Crippen LogP contribution in [0.4, 0.5) is 0 Å². The van der Waals surface area contributed by atoms with Crippen LogP contribution >= 0.6 is 0 Å². The Kier molecular flexibility index (Phi) is 4.54. The number of benzene rings is 2. The van der Waals surface area contributed by atoms with Crippen LogP contribution in [0.5, 0.6) is 5.75 Å². The van der Waals surface area contributed by atoms with Gasteiger partial charge in [-0.3, -0.25) is 9.59 Å². The van der Waals surface area contributed by atoms with Crippen LogP contribution in [0.2, 0.25) is 0 Å². The number of rotatable bonds is 5. The second kappa shape index (κ2) is 7.15. The van der Waals surface area contributed by atoms with Crippen LogP contribution in [-0.4, -0.2) is 29.5 Å². The summed E-state index contributed by atoms with van der Waals surface area (Å²) in [5.41, 5.74) is 2.63. The number of carbonyl (C=O) groups excluding carboxylic acids is 2. The molecule has 1 aliphatic rings. The average Bonchev–Trinajstić information content (AvgIpc) is 3.06. The third kappa shape index (κ3) is 3.51. The summed E-state index contributed by atoms with van der Waals surface area (Å²) in [6, 6.07) is 17.1. The summed E-state index contributed by atoms with van der Waals surface area (Å²) in [7, 11) is 1.61. The van der Waals surface area contributed by atoms with Crippen molar-refractivity contribution >= 4 is 22.7 Å². The molecule has 1 atom stereocenters. The highest BCUT2D eigenvalue weighted by Crippen LogP contribution is 2.23. The summed E-state index contributed by atoms with van der Waals surface area (Å²) in [4.78, 5) is 24.8. The second-order valence-electron chi connectivity index (χ2n) is 6.70. The molecule has 0 bridgehead atoms. The lowest BCUT2D eigenvalue weighted by molar-refractivity contribution is -0.121. The predicted molar refractivity (Wildman–Crippen MR) is 103 cm³/mol. The molecule has 6 heteroatoms. The Morgan fingerprint density at radius 2 is 2.07 bits per heavy atom. The van der Waals surface area contributed by atoms with Gasteiger partial charge >= 0.3 is 0 Å². The Hall–Kier alpha value is -3.28. The van der Waals surface area contributed by atoms with Crippen molar-refractivity contribution in [1.82, 2.24) is 15.2 Å². The van der Waals surface area contributed by atoms with Gasteiger partial charge < -0.3 is 19.9 Å². The van der Waals surface area contributed by atoms with E-state index < -0.39 is 0 Å². The molecule has 2 heterocycles. The number of methoxy groups -OCH3 is 1. The summed E-state index contributed by atoms with van der Waals surface area (Å²) in [5.74, 6) is 0.527. The summed E-state index contributed by atoms with van der Waals surface area (Å²) in [5, 5.41) is 6.89. The summed E-state index contributed by atoms with van der Waals surface area (Å²) >= 11 is 0. The van der Waals surface area contributed by atoms with E-state index in [4.69, 9.17) is 4.74 Å². The van der Waals surface area contributed by atoms with Crippen molar-refractivity contribution in [3.8, 4) is 5.75 Å². The average molecular weight is 363 g/mol. The quantitative estimate of drug-likeness (QED) is 0.731. The lowest BCUT2D eigenvalue weighted by Gasteiger charge is -2.26. The maximum atomic E-state index is 12.4. The van der Waals surface area contributed by atoms with Crippen LogP contribution < -0.4 is 15.4 Å². The molecule has 0 saturated heterocycles. The van der Waals surface area contributed by atoms with E-state index in [1.54, 1.807) is 7.11 Å². The first kappa shape index (κ1) is 17.1. The standard InChI is InChI=1S/C21H21N3O3/c1-27-17-7-4-5-14(9-17)12-22-20(25)11-16-13-24-18-8-3-2-6-15(18)10-19(24)21(26)23-16/h2-10,16H,11-13H2,1H3,(H,22,25)(H,23,26)/t16-/m0/s1. The summed E-state index contributed by atoms with van der Waals surface area (Å²) in [6.45, 7) is 1.01. The van der Waals surface area contributed by atoms with E-state index in [1.807, 2.05) is 59.2 Å². The molecular weight excluding hydrogens is 342 g/mol. The van der Waals surface area contributed by atoms with Crippen molar-refractivity contribution in [1.29, 1.82) is 0 Å². The number of nitrogens with zero attached hydrogens (tertiary/aromatic N) is 1. The number of hydrogen-bond acceptors (Lipinski definition) is 3. The van der Waals surface area contributed by atoms with Gasteiger partial charge in [-0.25, -0.2) is 0 Å². The van der Waals surface area contributed by atoms with Gasteiger partial charge in [-0.2, -0.15) is 0 Å². The first-order valence-electron chi connectivity index (χ1n) is 8.93. The number of amides is 2. The van der Waals surface area contributed by atoms with Crippen LogP contribution in [0.1, 0.15) is 22.5 Å². The molecule has 0 spiro atoms. The molecule has 27 heavy (non-hydrogen) atoms. The molecule has 2 amide bonds. The lowest BCUT2D eigenvalue weighted by atomic mass is 10.1. The zero-order valence-corrected chi connectivity index (χ0v) is 15.1. The molecule has 0 fully saturated rings. The number of aromatic nitrogens is 1. The second-order valence-corrected chi connectivity index (χ2v) is 6.70. The maximum Gasteiger partial charge on any atom is 0.268 e. The maximum absolute atomic E-state index is 12.4. The third-order valence-corrected chi connectivity index (χ3v) is 4.84. The molecule has 1 aliphatic heterocycles. The van der Waals surface area contributed by atoms with E-state index in [2.05, 4.69) is 10.6 Å². The molecule has 6 nitrogen and oxygen atoms in total. The van der Waals surface area contributed by atoms with Gasteiger partial charge in [0.05, 0.1) is 13.2 Å². The van der Waals surface area contributed by atoms with Crippen molar-refractivity contribution in [2.75, 3.05) is 7.11 Å². The topological polar surface area (TPSA) is 72.4 Å². The Balaban J connectivity index is 1.41. The molecule has 0 aliphatic carbocycles. The minimum absolute atomic E-state index is 0.0944. The normalized spacial score (nSPS) is 15.9. The molecule has 138 valence electrons. The lowest BCUT2D eigenvalue weighted by Crippen LogP contribution is -2.46. The summed E-state index contributed by atoms with van der Waals surface area (Å²) in [6.07, 6.45) is 0.238. The Labute approximate surface area is 157 Å². The number of hydrogen-bond donors (Lipinski definition) is 2. The van der Waals surface area contributed by atoms with Crippen molar-refractivity contribution in [2.24, 2.45) is 0 Å². The highest BCUT2D eigenvalue weighted by Gasteiger charge is 2.27. The SMILES string of the molecule is COc1cccc(CNC(=O)C[C@H]2Cn3c(cc4ccccc43)C(=O)N2)c1. The largest absolute Gasteiger partial charge is 0.497 e. The summed E-state index contributed by atoms with van der Waals surface area (Å²) < 4.78 is 7.19. The predicted octanol–water partition coefficient (Wildman–Crippen LogP) is 2.47. The van der Waals surface area contributed by atoms with Crippen LogP contribution in [0.3, 0.4) is 0 Å². The van der Waals surface area contributed by atoms with Gasteiger partial charge in [-0.15, -0.1) is 0 Å². The molecule has 0 radical (unpaired) electrons. The van der Waals surface area contributed by atoms with Crippen molar-refractivity contribution in [3.63, 3.8) is 0 Å². The highest BCUT2D eigenvalue weighted by molar-refractivity contribution is 6.00. The van der Waals surface area contributed by atoms with E-state index in [0.717, 1.165) is 22.2 Å². The minimum atomic E-state index is -0.230. The third-order valence-electron chi connectivity index (χ3n) is 4.84. The van der Waals surface area contributed by atoms with Gasteiger partial charge in [-0.1, -0.05) is 30.3 Å². The van der Waals surface area contributed by atoms with Crippen LogP contribution in [0, 0.1) is 0 Å². The zero-order chi connectivity index (χ0) is 18.8. The van der Waals surface area contributed by atoms with Gasteiger partial charge in [0, 0.05) is 30.4 Å². The van der Waals surface area contributed by atoms with E-state index in [0.29, 0.717) is 18.8 Å². The van der Waals surface area contributed by atoms with Gasteiger partial charge in [0.2, 0.25) is 5.91 Å². The highest BCUT2D eigenvalue weighted by atomic mass is 16.5. The Morgan fingerprint density at radius 1 is 1.22 bits per heavy atom. The molecule has 1 aromatic heterocycles. The van der Waals surface area contributed by atoms with E-state index in [1.165, 1.54) is 0 Å². The van der Waals surface area contributed by atoms with Gasteiger partial charge in [-0.05, 0) is 29.8 Å². The smallest absolute Gasteiger partial charge is 0.268 e. The number of nitrogens with one attached hydrogen (secondary N) is 2. The number of fused-ring (bicyclic) bond motifs is 3. The van der Waals surface area contributed by atoms with Crippen molar-refractivity contribution in [3.05, 3.63) is 65.9 Å². The molecule has 0 unspecified atom stereocenters. The van der Waals surface area contributed by atoms with E-state index >= 15 is 0 Å². The van der Waals surface area contributed by atoms with Gasteiger partial charge in [0.25, 0.3) is 5.91 Å². The van der Waals surface area contributed by atoms with E-state index in [-0.39, 0.29) is 24.3 Å². The molecule has 4 rings (SSSR count). The fourth-order valence-corrected chi connectivity index (χ4v) is 3.52. The fraction of sp³-hybridized carbons (Fsp3) is 0.238.